The van der Waals surface area contributed by atoms with Gasteiger partial charge in [0, 0.05) is 38.8 Å². The minimum Gasteiger partial charge on any atom is -0.383 e. The van der Waals surface area contributed by atoms with E-state index in [1.54, 1.807) is 7.11 Å². The molecule has 1 aliphatic carbocycles. The first-order valence-electron chi connectivity index (χ1n) is 10.2. The fourth-order valence-corrected chi connectivity index (χ4v) is 4.16. The maximum atomic E-state index is 5.25. The summed E-state index contributed by atoms with van der Waals surface area (Å²) in [4.78, 5) is 2.51. The minimum absolute atomic E-state index is 0.0479. The normalized spacial score (nSPS) is 27.0. The highest BCUT2D eigenvalue weighted by atomic mass is 16.5. The van der Waals surface area contributed by atoms with E-state index in [4.69, 9.17) is 4.74 Å². The molecule has 1 atom stereocenters. The number of hydrogen-bond acceptors (Lipinski definition) is 3. The Bertz CT molecular complexity index is 637. The van der Waals surface area contributed by atoms with E-state index in [2.05, 4.69) is 61.3 Å². The van der Waals surface area contributed by atoms with Crippen molar-refractivity contribution >= 4 is 5.57 Å². The molecule has 3 nitrogen and oxygen atoms in total. The third-order valence-electron chi connectivity index (χ3n) is 6.33. The molecule has 0 amide bonds. The van der Waals surface area contributed by atoms with Crippen molar-refractivity contribution in [3.05, 3.63) is 41.5 Å². The van der Waals surface area contributed by atoms with Crippen molar-refractivity contribution in [1.82, 2.24) is 10.2 Å². The van der Waals surface area contributed by atoms with Crippen LogP contribution in [0, 0.1) is 5.41 Å². The first kappa shape index (κ1) is 19.6. The fraction of sp³-hybridized carbons (Fsp3) is 0.652. The summed E-state index contributed by atoms with van der Waals surface area (Å²) in [7, 11) is 1.78. The molecule has 1 N–H and O–H groups in total. The van der Waals surface area contributed by atoms with E-state index < -0.39 is 0 Å². The highest BCUT2D eigenvalue weighted by Crippen LogP contribution is 2.38. The van der Waals surface area contributed by atoms with Gasteiger partial charge in [0.25, 0.3) is 0 Å². The Morgan fingerprint density at radius 1 is 1.15 bits per heavy atom. The lowest BCUT2D eigenvalue weighted by Gasteiger charge is -2.32. The Labute approximate surface area is 159 Å². The minimum atomic E-state index is 0.0479. The van der Waals surface area contributed by atoms with E-state index in [0.717, 1.165) is 39.2 Å². The molecule has 1 aliphatic heterocycles. The molecule has 2 aliphatic rings. The zero-order valence-corrected chi connectivity index (χ0v) is 17.1. The average molecular weight is 357 g/mol. The van der Waals surface area contributed by atoms with E-state index >= 15 is 0 Å². The summed E-state index contributed by atoms with van der Waals surface area (Å²) >= 11 is 0. The van der Waals surface area contributed by atoms with Gasteiger partial charge in [0.05, 0.1) is 6.61 Å². The summed E-state index contributed by atoms with van der Waals surface area (Å²) in [5.74, 6) is 0. The number of nitrogens with zero attached hydrogens (tertiary/aromatic N) is 1. The predicted molar refractivity (Wildman–Crippen MR) is 110 cm³/mol. The van der Waals surface area contributed by atoms with Crippen molar-refractivity contribution < 1.29 is 4.74 Å². The molecule has 0 radical (unpaired) electrons. The molecule has 0 aromatic heterocycles. The monoisotopic (exact) mass is 356 g/mol. The van der Waals surface area contributed by atoms with Gasteiger partial charge in [0.15, 0.2) is 0 Å². The maximum Gasteiger partial charge on any atom is 0.0589 e. The SMILES string of the molecule is COCCN1CCNC(C)(c2cccc(C3=CCC(C)(C)CC3)c2)CC1. The lowest BCUT2D eigenvalue weighted by molar-refractivity contribution is 0.150. The van der Waals surface area contributed by atoms with Crippen LogP contribution in [-0.4, -0.2) is 44.8 Å². The van der Waals surface area contributed by atoms with Crippen molar-refractivity contribution in [3.63, 3.8) is 0 Å². The van der Waals surface area contributed by atoms with Crippen LogP contribution in [0.2, 0.25) is 0 Å². The highest BCUT2D eigenvalue weighted by Gasteiger charge is 2.30. The highest BCUT2D eigenvalue weighted by molar-refractivity contribution is 5.67. The number of allylic oxidation sites excluding steroid dienone is 2. The number of nitrogens with one attached hydrogen (secondary N) is 1. The molecular formula is C23H36N2O. The first-order valence-corrected chi connectivity index (χ1v) is 10.2. The van der Waals surface area contributed by atoms with Gasteiger partial charge in [0.2, 0.25) is 0 Å². The van der Waals surface area contributed by atoms with Crippen molar-refractivity contribution in [2.45, 2.75) is 52.0 Å². The van der Waals surface area contributed by atoms with Gasteiger partial charge in [-0.1, -0.05) is 38.1 Å². The van der Waals surface area contributed by atoms with Gasteiger partial charge in [-0.05, 0) is 60.8 Å². The average Bonchev–Trinajstić information content (AvgIpc) is 2.83. The third-order valence-corrected chi connectivity index (χ3v) is 6.33. The topological polar surface area (TPSA) is 24.5 Å². The lowest BCUT2D eigenvalue weighted by atomic mass is 9.76. The van der Waals surface area contributed by atoms with Crippen LogP contribution in [0.3, 0.4) is 0 Å². The van der Waals surface area contributed by atoms with Crippen LogP contribution in [-0.2, 0) is 10.3 Å². The van der Waals surface area contributed by atoms with Crippen molar-refractivity contribution in [1.29, 1.82) is 0 Å². The van der Waals surface area contributed by atoms with Crippen LogP contribution in [0.15, 0.2) is 30.3 Å². The number of hydrogen-bond donors (Lipinski definition) is 1. The Morgan fingerprint density at radius 3 is 2.73 bits per heavy atom. The molecule has 3 heteroatoms. The Kier molecular flexibility index (Phi) is 6.21. The second kappa shape index (κ2) is 8.24. The zero-order valence-electron chi connectivity index (χ0n) is 17.1. The molecule has 1 unspecified atom stereocenters. The molecule has 0 spiro atoms. The summed E-state index contributed by atoms with van der Waals surface area (Å²) in [6.07, 6.45) is 7.28. The predicted octanol–water partition coefficient (Wildman–Crippen LogP) is 4.44. The van der Waals surface area contributed by atoms with Gasteiger partial charge in [-0.25, -0.2) is 0 Å². The first-order chi connectivity index (χ1) is 12.4. The molecule has 0 bridgehead atoms. The number of methoxy groups -OCH3 is 1. The van der Waals surface area contributed by atoms with E-state index in [1.165, 1.54) is 36.0 Å². The maximum absolute atomic E-state index is 5.25. The third kappa shape index (κ3) is 4.76. The molecule has 3 rings (SSSR count). The molecule has 144 valence electrons. The van der Waals surface area contributed by atoms with E-state index in [9.17, 15) is 0 Å². The molecule has 0 saturated carbocycles. The number of benzene rings is 1. The summed E-state index contributed by atoms with van der Waals surface area (Å²) in [6.45, 7) is 12.2. The van der Waals surface area contributed by atoms with Gasteiger partial charge in [-0.2, -0.15) is 0 Å². The van der Waals surface area contributed by atoms with E-state index in [-0.39, 0.29) is 5.54 Å². The van der Waals surface area contributed by atoms with Crippen LogP contribution in [0.4, 0.5) is 0 Å². The largest absolute Gasteiger partial charge is 0.383 e. The van der Waals surface area contributed by atoms with E-state index in [0.29, 0.717) is 5.41 Å². The lowest BCUT2D eigenvalue weighted by Crippen LogP contribution is -2.39. The van der Waals surface area contributed by atoms with Gasteiger partial charge < -0.3 is 10.1 Å². The molecular weight excluding hydrogens is 320 g/mol. The molecule has 26 heavy (non-hydrogen) atoms. The van der Waals surface area contributed by atoms with E-state index in [1.807, 2.05) is 0 Å². The summed E-state index contributed by atoms with van der Waals surface area (Å²) in [5.41, 5.74) is 4.88. The molecule has 1 fully saturated rings. The Hall–Kier alpha value is -1.16. The molecule has 1 aromatic carbocycles. The van der Waals surface area contributed by atoms with Crippen LogP contribution in [0.1, 0.15) is 57.6 Å². The summed E-state index contributed by atoms with van der Waals surface area (Å²) in [5, 5.41) is 3.82. The van der Waals surface area contributed by atoms with Crippen molar-refractivity contribution in [3.8, 4) is 0 Å². The van der Waals surface area contributed by atoms with Gasteiger partial charge in [-0.3, -0.25) is 4.90 Å². The summed E-state index contributed by atoms with van der Waals surface area (Å²) < 4.78 is 5.25. The molecule has 1 aromatic rings. The molecule has 1 heterocycles. The second-order valence-corrected chi connectivity index (χ2v) is 9.02. The smallest absolute Gasteiger partial charge is 0.0589 e. The van der Waals surface area contributed by atoms with Gasteiger partial charge in [-0.15, -0.1) is 0 Å². The van der Waals surface area contributed by atoms with Crippen molar-refractivity contribution in [2.75, 3.05) is 39.9 Å². The quantitative estimate of drug-likeness (QED) is 0.844. The Morgan fingerprint density at radius 2 is 2.00 bits per heavy atom. The second-order valence-electron chi connectivity index (χ2n) is 9.02. The van der Waals surface area contributed by atoms with Crippen LogP contribution >= 0.6 is 0 Å². The van der Waals surface area contributed by atoms with Crippen LogP contribution in [0.25, 0.3) is 5.57 Å². The zero-order chi connectivity index (χ0) is 18.6. The summed E-state index contributed by atoms with van der Waals surface area (Å²) in [6, 6.07) is 9.26. The number of ether oxygens (including phenoxy) is 1. The Balaban J connectivity index is 1.74. The number of rotatable bonds is 5. The van der Waals surface area contributed by atoms with Gasteiger partial charge >= 0.3 is 0 Å². The van der Waals surface area contributed by atoms with Crippen LogP contribution in [0.5, 0.6) is 0 Å². The fourth-order valence-electron chi connectivity index (χ4n) is 4.16. The standard InChI is InChI=1S/C23H36N2O/c1-22(2)10-8-19(9-11-22)20-6-5-7-21(18-20)23(3)12-14-25(15-13-24-23)16-17-26-4/h5-8,18,24H,9-17H2,1-4H3. The van der Waals surface area contributed by atoms with Crippen LogP contribution < -0.4 is 5.32 Å². The van der Waals surface area contributed by atoms with Gasteiger partial charge in [0.1, 0.15) is 0 Å². The molecule has 1 saturated heterocycles. The van der Waals surface area contributed by atoms with Crippen molar-refractivity contribution in [2.24, 2.45) is 5.41 Å².